The summed E-state index contributed by atoms with van der Waals surface area (Å²) >= 11 is 0. The zero-order chi connectivity index (χ0) is 12.8. The first-order chi connectivity index (χ1) is 8.54. The predicted molar refractivity (Wildman–Crippen MR) is 74.1 cm³/mol. The highest BCUT2D eigenvalue weighted by Crippen LogP contribution is 2.65. The highest BCUT2D eigenvalue weighted by Gasteiger charge is 2.60. The van der Waals surface area contributed by atoms with Crippen LogP contribution < -0.4 is 5.32 Å². The van der Waals surface area contributed by atoms with Crippen molar-refractivity contribution in [2.24, 2.45) is 16.7 Å². The van der Waals surface area contributed by atoms with Crippen molar-refractivity contribution in [1.82, 2.24) is 10.3 Å². The SMILES string of the molecule is CC1(C)C2CCC1(C)C(NCc1ccccn1)C2. The Hall–Kier alpha value is -0.890. The van der Waals surface area contributed by atoms with Gasteiger partial charge < -0.3 is 5.32 Å². The van der Waals surface area contributed by atoms with Crippen molar-refractivity contribution in [3.63, 3.8) is 0 Å². The molecule has 18 heavy (non-hydrogen) atoms. The first kappa shape index (κ1) is 12.2. The van der Waals surface area contributed by atoms with Crippen LogP contribution in [0.1, 0.15) is 45.7 Å². The zero-order valence-corrected chi connectivity index (χ0v) is 11.7. The second-order valence-corrected chi connectivity index (χ2v) is 6.87. The summed E-state index contributed by atoms with van der Waals surface area (Å²) in [6.07, 6.45) is 6.02. The van der Waals surface area contributed by atoms with E-state index in [1.807, 2.05) is 12.3 Å². The van der Waals surface area contributed by atoms with E-state index >= 15 is 0 Å². The molecule has 2 aliphatic rings. The molecule has 0 aliphatic heterocycles. The number of nitrogens with one attached hydrogen (secondary N) is 1. The van der Waals surface area contributed by atoms with Gasteiger partial charge in [-0.25, -0.2) is 0 Å². The third-order valence-corrected chi connectivity index (χ3v) is 6.05. The van der Waals surface area contributed by atoms with Crippen LogP contribution in [0, 0.1) is 16.7 Å². The van der Waals surface area contributed by atoms with Gasteiger partial charge in [0.15, 0.2) is 0 Å². The van der Waals surface area contributed by atoms with Gasteiger partial charge >= 0.3 is 0 Å². The number of hydrogen-bond acceptors (Lipinski definition) is 2. The molecule has 2 saturated carbocycles. The van der Waals surface area contributed by atoms with E-state index in [1.165, 1.54) is 19.3 Å². The van der Waals surface area contributed by atoms with E-state index in [9.17, 15) is 0 Å². The Balaban J connectivity index is 1.69. The van der Waals surface area contributed by atoms with Crippen LogP contribution in [0.25, 0.3) is 0 Å². The van der Waals surface area contributed by atoms with Crippen LogP contribution >= 0.6 is 0 Å². The Labute approximate surface area is 110 Å². The molecule has 3 atom stereocenters. The van der Waals surface area contributed by atoms with Crippen LogP contribution in [0.3, 0.4) is 0 Å². The average molecular weight is 244 g/mol. The van der Waals surface area contributed by atoms with Gasteiger partial charge in [0.25, 0.3) is 0 Å². The maximum atomic E-state index is 4.40. The lowest BCUT2D eigenvalue weighted by atomic mass is 9.69. The third kappa shape index (κ3) is 1.62. The van der Waals surface area contributed by atoms with E-state index in [2.05, 4.69) is 43.2 Å². The summed E-state index contributed by atoms with van der Waals surface area (Å²) in [5.41, 5.74) is 2.11. The molecule has 98 valence electrons. The molecule has 3 rings (SSSR count). The Morgan fingerprint density at radius 3 is 2.72 bits per heavy atom. The number of pyridine rings is 1. The minimum absolute atomic E-state index is 0.465. The Bertz CT molecular complexity index is 426. The van der Waals surface area contributed by atoms with Crippen molar-refractivity contribution in [2.75, 3.05) is 0 Å². The van der Waals surface area contributed by atoms with E-state index in [0.29, 0.717) is 16.9 Å². The van der Waals surface area contributed by atoms with E-state index in [4.69, 9.17) is 0 Å². The monoisotopic (exact) mass is 244 g/mol. The zero-order valence-electron chi connectivity index (χ0n) is 11.7. The summed E-state index contributed by atoms with van der Waals surface area (Å²) in [6, 6.07) is 6.81. The molecule has 1 aromatic rings. The predicted octanol–water partition coefficient (Wildman–Crippen LogP) is 3.39. The lowest BCUT2D eigenvalue weighted by molar-refractivity contribution is 0.120. The van der Waals surface area contributed by atoms with E-state index in [0.717, 1.165) is 18.2 Å². The summed E-state index contributed by atoms with van der Waals surface area (Å²) in [4.78, 5) is 4.40. The van der Waals surface area contributed by atoms with Gasteiger partial charge in [0.1, 0.15) is 0 Å². The lowest BCUT2D eigenvalue weighted by Gasteiger charge is -2.39. The molecule has 0 aromatic carbocycles. The van der Waals surface area contributed by atoms with E-state index in [-0.39, 0.29) is 0 Å². The van der Waals surface area contributed by atoms with Gasteiger partial charge in [-0.3, -0.25) is 4.98 Å². The molecule has 3 unspecified atom stereocenters. The molecule has 2 aliphatic carbocycles. The largest absolute Gasteiger partial charge is 0.308 e. The van der Waals surface area contributed by atoms with Crippen molar-refractivity contribution >= 4 is 0 Å². The van der Waals surface area contributed by atoms with E-state index in [1.54, 1.807) is 0 Å². The fourth-order valence-electron chi connectivity index (χ4n) is 4.24. The number of nitrogens with zero attached hydrogens (tertiary/aromatic N) is 1. The molecule has 2 fully saturated rings. The van der Waals surface area contributed by atoms with Gasteiger partial charge in [-0.15, -0.1) is 0 Å². The molecule has 0 saturated heterocycles. The van der Waals surface area contributed by atoms with Gasteiger partial charge in [0.05, 0.1) is 5.69 Å². The van der Waals surface area contributed by atoms with Crippen molar-refractivity contribution in [2.45, 2.75) is 52.6 Å². The highest BCUT2D eigenvalue weighted by atomic mass is 15.0. The van der Waals surface area contributed by atoms with Crippen molar-refractivity contribution < 1.29 is 0 Å². The fourth-order valence-corrected chi connectivity index (χ4v) is 4.24. The topological polar surface area (TPSA) is 24.9 Å². The van der Waals surface area contributed by atoms with Crippen LogP contribution in [0.4, 0.5) is 0 Å². The maximum Gasteiger partial charge on any atom is 0.0541 e. The summed E-state index contributed by atoms with van der Waals surface area (Å²) in [6.45, 7) is 8.32. The molecule has 2 heteroatoms. The number of hydrogen-bond donors (Lipinski definition) is 1. The number of fused-ring (bicyclic) bond motifs is 2. The summed E-state index contributed by atoms with van der Waals surface area (Å²) in [5, 5.41) is 3.76. The van der Waals surface area contributed by atoms with Crippen LogP contribution in [0.5, 0.6) is 0 Å². The summed E-state index contributed by atoms with van der Waals surface area (Å²) in [7, 11) is 0. The highest BCUT2D eigenvalue weighted by molar-refractivity contribution is 5.13. The molecule has 0 spiro atoms. The third-order valence-electron chi connectivity index (χ3n) is 6.05. The molecule has 2 nitrogen and oxygen atoms in total. The number of aromatic nitrogens is 1. The minimum atomic E-state index is 0.465. The quantitative estimate of drug-likeness (QED) is 0.881. The average Bonchev–Trinajstić information content (AvgIpc) is 2.70. The molecule has 0 radical (unpaired) electrons. The van der Waals surface area contributed by atoms with Crippen molar-refractivity contribution in [1.29, 1.82) is 0 Å². The first-order valence-electron chi connectivity index (χ1n) is 7.17. The Kier molecular flexibility index (Phi) is 2.74. The van der Waals surface area contributed by atoms with Crippen LogP contribution in [-0.2, 0) is 6.54 Å². The second-order valence-electron chi connectivity index (χ2n) is 6.87. The van der Waals surface area contributed by atoms with Crippen molar-refractivity contribution in [3.05, 3.63) is 30.1 Å². The van der Waals surface area contributed by atoms with Gasteiger partial charge in [-0.05, 0) is 48.1 Å². The van der Waals surface area contributed by atoms with Gasteiger partial charge in [-0.1, -0.05) is 26.8 Å². The Morgan fingerprint density at radius 1 is 1.33 bits per heavy atom. The summed E-state index contributed by atoms with van der Waals surface area (Å²) < 4.78 is 0. The van der Waals surface area contributed by atoms with Gasteiger partial charge in [-0.2, -0.15) is 0 Å². The Morgan fingerprint density at radius 2 is 2.17 bits per heavy atom. The van der Waals surface area contributed by atoms with Crippen LogP contribution in [-0.4, -0.2) is 11.0 Å². The van der Waals surface area contributed by atoms with Crippen molar-refractivity contribution in [3.8, 4) is 0 Å². The van der Waals surface area contributed by atoms with Crippen LogP contribution in [0.15, 0.2) is 24.4 Å². The minimum Gasteiger partial charge on any atom is -0.308 e. The lowest BCUT2D eigenvalue weighted by Crippen LogP contribution is -2.44. The maximum absolute atomic E-state index is 4.40. The molecule has 1 N–H and O–H groups in total. The number of rotatable bonds is 3. The second kappa shape index (κ2) is 4.06. The van der Waals surface area contributed by atoms with Crippen LogP contribution in [0.2, 0.25) is 0 Å². The fraction of sp³-hybridized carbons (Fsp3) is 0.688. The smallest absolute Gasteiger partial charge is 0.0541 e. The van der Waals surface area contributed by atoms with E-state index < -0.39 is 0 Å². The summed E-state index contributed by atoms with van der Waals surface area (Å²) in [5.74, 6) is 0.906. The molecule has 1 aromatic heterocycles. The van der Waals surface area contributed by atoms with Gasteiger partial charge in [0.2, 0.25) is 0 Å². The molecular weight excluding hydrogens is 220 g/mol. The van der Waals surface area contributed by atoms with Gasteiger partial charge in [0, 0.05) is 18.8 Å². The molecule has 1 heterocycles. The molecular formula is C16H24N2. The normalized spacial score (nSPS) is 37.1. The standard InChI is InChI=1S/C16H24N2/c1-15(2)12-7-8-16(15,3)14(10-12)18-11-13-6-4-5-9-17-13/h4-6,9,12,14,18H,7-8,10-11H2,1-3H3. The first-order valence-corrected chi connectivity index (χ1v) is 7.17. The molecule has 2 bridgehead atoms. The molecule has 0 amide bonds.